The molecule has 0 bridgehead atoms. The summed E-state index contributed by atoms with van der Waals surface area (Å²) < 4.78 is 49.7. The molecule has 1 aliphatic rings. The van der Waals surface area contributed by atoms with Gasteiger partial charge in [-0.15, -0.1) is 0 Å². The molecule has 5 nitrogen and oxygen atoms in total. The number of anilines is 1. The third-order valence-corrected chi connectivity index (χ3v) is 5.53. The van der Waals surface area contributed by atoms with Crippen molar-refractivity contribution in [2.45, 2.75) is 19.1 Å². The molecule has 1 radical (unpaired) electrons. The summed E-state index contributed by atoms with van der Waals surface area (Å²) in [5, 5.41) is -1.22. The smallest absolute Gasteiger partial charge is 0.244 e. The van der Waals surface area contributed by atoms with Gasteiger partial charge in [0.2, 0.25) is 20.3 Å². The number of hydrogen-bond acceptors (Lipinski definition) is 4. The van der Waals surface area contributed by atoms with E-state index < -0.39 is 25.6 Å². The van der Waals surface area contributed by atoms with Gasteiger partial charge in [-0.05, 0) is 32.1 Å². The van der Waals surface area contributed by atoms with Crippen molar-refractivity contribution in [2.24, 2.45) is 0 Å². The van der Waals surface area contributed by atoms with Crippen molar-refractivity contribution in [3.05, 3.63) is 53.6 Å². The second-order valence-corrected chi connectivity index (χ2v) is 7.56. The van der Waals surface area contributed by atoms with E-state index in [1.807, 2.05) is 6.92 Å². The second-order valence-electron chi connectivity index (χ2n) is 4.82. The predicted molar refractivity (Wildman–Crippen MR) is 90.1 cm³/mol. The summed E-state index contributed by atoms with van der Waals surface area (Å²) >= 11 is 0. The van der Waals surface area contributed by atoms with Crippen molar-refractivity contribution in [3.63, 3.8) is 0 Å². The minimum absolute atomic E-state index is 0. The van der Waals surface area contributed by atoms with Gasteiger partial charge in [0.1, 0.15) is 5.25 Å². The first-order valence-electron chi connectivity index (χ1n) is 6.20. The van der Waals surface area contributed by atoms with Crippen LogP contribution < -0.4 is 4.72 Å². The molecule has 0 amide bonds. The molecule has 22 heavy (non-hydrogen) atoms. The molecule has 0 fully saturated rings. The molecular weight excluding hydrogens is 349 g/mol. The van der Waals surface area contributed by atoms with E-state index in [1.165, 1.54) is 12.2 Å². The molecule has 1 unspecified atom stereocenters. The Bertz CT molecular complexity index is 843. The summed E-state index contributed by atoms with van der Waals surface area (Å²) in [6.45, 7) is 3.60. The fourth-order valence-corrected chi connectivity index (χ4v) is 4.35. The second kappa shape index (κ2) is 8.05. The number of hydrogen-bond donors (Lipinski definition) is 1. The SMILES string of the molecule is CC1=CC(=S(=O)=O)C(S(=O)(=O)Nc2ccc(C)cc2)C=C1.[K]. The van der Waals surface area contributed by atoms with Crippen LogP contribution in [0.4, 0.5) is 5.69 Å². The van der Waals surface area contributed by atoms with Crippen molar-refractivity contribution in [2.75, 3.05) is 4.72 Å². The zero-order chi connectivity index (χ0) is 15.6. The Hall–Kier alpha value is -0.224. The Kier molecular flexibility index (Phi) is 7.25. The monoisotopic (exact) mass is 364 g/mol. The standard InChI is InChI=1S/C14H15NO4S2.K/c1-10-3-6-12(7-4-10)15-21(18,19)14-8-5-11(2)9-13(14)20(16)17;/h3-9,14-15H,1-2H3;. The Morgan fingerprint density at radius 3 is 2.23 bits per heavy atom. The zero-order valence-corrected chi connectivity index (χ0v) is 17.3. The van der Waals surface area contributed by atoms with E-state index in [4.69, 9.17) is 0 Å². The molecule has 1 aromatic rings. The molecule has 1 aliphatic carbocycles. The Balaban J connectivity index is 0.00000242. The van der Waals surface area contributed by atoms with Gasteiger partial charge in [-0.2, -0.15) is 8.42 Å². The van der Waals surface area contributed by atoms with Crippen molar-refractivity contribution in [3.8, 4) is 0 Å². The molecule has 0 saturated heterocycles. The van der Waals surface area contributed by atoms with Crippen LogP contribution in [-0.2, 0) is 20.3 Å². The Morgan fingerprint density at radius 2 is 1.68 bits per heavy atom. The van der Waals surface area contributed by atoms with Crippen LogP contribution >= 0.6 is 0 Å². The fraction of sp³-hybridized carbons (Fsp3) is 0.214. The summed E-state index contributed by atoms with van der Waals surface area (Å²) in [6, 6.07) is 6.81. The third-order valence-electron chi connectivity index (χ3n) is 3.02. The van der Waals surface area contributed by atoms with Gasteiger partial charge in [0, 0.05) is 57.1 Å². The van der Waals surface area contributed by atoms with Crippen molar-refractivity contribution < 1.29 is 16.8 Å². The largest absolute Gasteiger partial charge is 0.283 e. The van der Waals surface area contributed by atoms with Gasteiger partial charge in [-0.1, -0.05) is 35.4 Å². The number of rotatable bonds is 3. The van der Waals surface area contributed by atoms with Crippen LogP contribution in [0.3, 0.4) is 0 Å². The van der Waals surface area contributed by atoms with E-state index >= 15 is 0 Å². The minimum Gasteiger partial charge on any atom is -0.283 e. The topological polar surface area (TPSA) is 80.3 Å². The van der Waals surface area contributed by atoms with E-state index in [0.717, 1.165) is 5.56 Å². The van der Waals surface area contributed by atoms with Gasteiger partial charge in [-0.25, -0.2) is 8.42 Å². The summed E-state index contributed by atoms with van der Waals surface area (Å²) in [6.07, 6.45) is 4.33. The maximum absolute atomic E-state index is 12.4. The van der Waals surface area contributed by atoms with Crippen LogP contribution in [-0.4, -0.2) is 78.3 Å². The van der Waals surface area contributed by atoms with E-state index in [2.05, 4.69) is 4.72 Å². The molecule has 0 aliphatic heterocycles. The first-order valence-corrected chi connectivity index (χ1v) is 8.82. The predicted octanol–water partition coefficient (Wildman–Crippen LogP) is 1.29. The maximum atomic E-state index is 12.4. The average molecular weight is 365 g/mol. The zero-order valence-electron chi connectivity index (χ0n) is 12.6. The summed E-state index contributed by atoms with van der Waals surface area (Å²) in [4.78, 5) is -0.158. The van der Waals surface area contributed by atoms with Crippen LogP contribution in [0.25, 0.3) is 0 Å². The number of allylic oxidation sites excluding steroid dienone is 3. The number of sulfonamides is 1. The molecule has 0 saturated carbocycles. The number of nitrogens with one attached hydrogen (secondary N) is 1. The minimum atomic E-state index is -3.88. The maximum Gasteiger partial charge on any atom is 0.244 e. The molecule has 113 valence electrons. The molecule has 0 spiro atoms. The quantitative estimate of drug-likeness (QED) is 0.647. The van der Waals surface area contributed by atoms with Gasteiger partial charge in [0.15, 0.2) is 0 Å². The van der Waals surface area contributed by atoms with E-state index in [1.54, 1.807) is 37.3 Å². The Morgan fingerprint density at radius 1 is 1.09 bits per heavy atom. The molecule has 0 aromatic heterocycles. The van der Waals surface area contributed by atoms with E-state index in [0.29, 0.717) is 11.3 Å². The fourth-order valence-electron chi connectivity index (χ4n) is 1.94. The van der Waals surface area contributed by atoms with Crippen LogP contribution in [0.15, 0.2) is 48.1 Å². The number of aryl methyl sites for hydroxylation is 1. The summed E-state index contributed by atoms with van der Waals surface area (Å²) in [7, 11) is -6.47. The molecule has 1 aromatic carbocycles. The first-order chi connectivity index (χ1) is 9.79. The molecule has 2 rings (SSSR count). The van der Waals surface area contributed by atoms with Crippen LogP contribution in [0.1, 0.15) is 12.5 Å². The van der Waals surface area contributed by atoms with Crippen molar-refractivity contribution >= 4 is 82.3 Å². The van der Waals surface area contributed by atoms with Crippen molar-refractivity contribution in [1.29, 1.82) is 0 Å². The van der Waals surface area contributed by atoms with Crippen LogP contribution in [0.2, 0.25) is 0 Å². The molecule has 1 atom stereocenters. The van der Waals surface area contributed by atoms with Crippen LogP contribution in [0.5, 0.6) is 0 Å². The average Bonchev–Trinajstić information content (AvgIpc) is 2.40. The number of benzene rings is 1. The Labute approximate surface area is 174 Å². The van der Waals surface area contributed by atoms with Gasteiger partial charge in [-0.3, -0.25) is 4.72 Å². The molecule has 0 heterocycles. The molecule has 1 N–H and O–H groups in total. The van der Waals surface area contributed by atoms with Crippen molar-refractivity contribution in [1.82, 2.24) is 0 Å². The first kappa shape index (κ1) is 19.8. The molecule has 8 heteroatoms. The van der Waals surface area contributed by atoms with Gasteiger partial charge >= 0.3 is 0 Å². The van der Waals surface area contributed by atoms with Crippen LogP contribution in [0, 0.1) is 6.92 Å². The van der Waals surface area contributed by atoms with Gasteiger partial charge < -0.3 is 0 Å². The third kappa shape index (κ3) is 4.89. The summed E-state index contributed by atoms with van der Waals surface area (Å²) in [5.41, 5.74) is 2.09. The van der Waals surface area contributed by atoms with Gasteiger partial charge in [0.25, 0.3) is 0 Å². The normalized spacial score (nSPS) is 17.5. The molecular formula is C14H15KNO4S2. The van der Waals surface area contributed by atoms with Gasteiger partial charge in [0.05, 0.1) is 4.86 Å². The van der Waals surface area contributed by atoms with E-state index in [9.17, 15) is 16.8 Å². The van der Waals surface area contributed by atoms with E-state index in [-0.39, 0.29) is 56.2 Å². The summed E-state index contributed by atoms with van der Waals surface area (Å²) in [5.74, 6) is 0.